The molecule has 0 aromatic heterocycles. The summed E-state index contributed by atoms with van der Waals surface area (Å²) in [6.45, 7) is 0.576. The molecule has 1 aromatic carbocycles. The predicted molar refractivity (Wildman–Crippen MR) is 69.9 cm³/mol. The SMILES string of the molecule is C#CCN(C)[C@@H]1CCc2ccc(OC(=O)NO)cc21. The molecule has 0 radical (unpaired) electrons. The van der Waals surface area contributed by atoms with Gasteiger partial charge >= 0.3 is 6.09 Å². The van der Waals surface area contributed by atoms with Gasteiger partial charge in [-0.05, 0) is 43.1 Å². The highest BCUT2D eigenvalue weighted by molar-refractivity contribution is 5.69. The Bertz CT molecular complexity index is 522. The van der Waals surface area contributed by atoms with E-state index >= 15 is 0 Å². The molecule has 5 nitrogen and oxygen atoms in total. The minimum Gasteiger partial charge on any atom is -0.409 e. The Balaban J connectivity index is 2.21. The van der Waals surface area contributed by atoms with Gasteiger partial charge in [0.1, 0.15) is 5.75 Å². The second-order valence-electron chi connectivity index (χ2n) is 4.54. The first-order chi connectivity index (χ1) is 9.15. The average Bonchev–Trinajstić information content (AvgIpc) is 2.82. The fourth-order valence-electron chi connectivity index (χ4n) is 2.46. The van der Waals surface area contributed by atoms with Gasteiger partial charge in [0.15, 0.2) is 0 Å². The third-order valence-electron chi connectivity index (χ3n) is 3.34. The molecule has 2 N–H and O–H groups in total. The number of carbonyl (C=O) groups excluding carboxylic acids is 1. The molecule has 2 rings (SSSR count). The number of terminal acetylenes is 1. The van der Waals surface area contributed by atoms with E-state index < -0.39 is 6.09 Å². The lowest BCUT2D eigenvalue weighted by Gasteiger charge is -2.23. The van der Waals surface area contributed by atoms with E-state index in [1.54, 1.807) is 6.07 Å². The van der Waals surface area contributed by atoms with E-state index in [9.17, 15) is 4.79 Å². The van der Waals surface area contributed by atoms with Crippen LogP contribution in [0.3, 0.4) is 0 Å². The van der Waals surface area contributed by atoms with Crippen LogP contribution in [0.2, 0.25) is 0 Å². The molecule has 1 aliphatic rings. The van der Waals surface area contributed by atoms with Gasteiger partial charge in [0.05, 0.1) is 6.54 Å². The van der Waals surface area contributed by atoms with Crippen molar-refractivity contribution < 1.29 is 14.7 Å². The minimum absolute atomic E-state index is 0.242. The molecule has 0 aliphatic heterocycles. The molecule has 0 unspecified atom stereocenters. The summed E-state index contributed by atoms with van der Waals surface area (Å²) in [6.07, 6.45) is 6.43. The van der Waals surface area contributed by atoms with Crippen molar-refractivity contribution in [2.45, 2.75) is 18.9 Å². The van der Waals surface area contributed by atoms with Gasteiger partial charge in [0.25, 0.3) is 0 Å². The molecular weight excluding hydrogens is 244 g/mol. The molecule has 0 fully saturated rings. The number of aryl methyl sites for hydroxylation is 1. The molecule has 5 heteroatoms. The summed E-state index contributed by atoms with van der Waals surface area (Å²) in [7, 11) is 1.98. The van der Waals surface area contributed by atoms with Gasteiger partial charge in [0.2, 0.25) is 0 Å². The standard InChI is InChI=1S/C14H16N2O3/c1-3-8-16(2)13-7-5-10-4-6-11(9-12(10)13)19-14(17)15-18/h1,4,6,9,13,18H,5,7-8H2,2H3,(H,15,17)/t13-/m1/s1. The molecule has 19 heavy (non-hydrogen) atoms. The lowest BCUT2D eigenvalue weighted by atomic mass is 10.1. The van der Waals surface area contributed by atoms with Gasteiger partial charge in [-0.25, -0.2) is 10.3 Å². The molecule has 0 bridgehead atoms. The third kappa shape index (κ3) is 2.87. The van der Waals surface area contributed by atoms with Gasteiger partial charge in [-0.3, -0.25) is 10.1 Å². The summed E-state index contributed by atoms with van der Waals surface area (Å²) >= 11 is 0. The van der Waals surface area contributed by atoms with Crippen molar-refractivity contribution in [3.63, 3.8) is 0 Å². The molecule has 1 amide bonds. The Kier molecular flexibility index (Phi) is 4.05. The van der Waals surface area contributed by atoms with E-state index in [0.29, 0.717) is 12.3 Å². The number of fused-ring (bicyclic) bond motifs is 1. The van der Waals surface area contributed by atoms with Crippen molar-refractivity contribution >= 4 is 6.09 Å². The summed E-state index contributed by atoms with van der Waals surface area (Å²) in [6, 6.07) is 5.73. The minimum atomic E-state index is -0.897. The van der Waals surface area contributed by atoms with E-state index in [1.807, 2.05) is 19.2 Å². The van der Waals surface area contributed by atoms with E-state index in [0.717, 1.165) is 18.4 Å². The highest BCUT2D eigenvalue weighted by Crippen LogP contribution is 2.36. The second kappa shape index (κ2) is 5.74. The lowest BCUT2D eigenvalue weighted by molar-refractivity contribution is 0.127. The van der Waals surface area contributed by atoms with Crippen LogP contribution in [0, 0.1) is 12.3 Å². The normalized spacial score (nSPS) is 16.8. The zero-order valence-electron chi connectivity index (χ0n) is 10.7. The number of hydrogen-bond acceptors (Lipinski definition) is 4. The Labute approximate surface area is 112 Å². The Morgan fingerprint density at radius 3 is 3.16 bits per heavy atom. The van der Waals surface area contributed by atoms with Crippen LogP contribution >= 0.6 is 0 Å². The van der Waals surface area contributed by atoms with Crippen LogP contribution < -0.4 is 10.2 Å². The number of nitrogens with zero attached hydrogens (tertiary/aromatic N) is 1. The van der Waals surface area contributed by atoms with E-state index in [2.05, 4.69) is 10.8 Å². The molecule has 1 aromatic rings. The lowest BCUT2D eigenvalue weighted by Crippen LogP contribution is -2.24. The van der Waals surface area contributed by atoms with Crippen molar-refractivity contribution in [1.82, 2.24) is 10.4 Å². The zero-order chi connectivity index (χ0) is 13.8. The van der Waals surface area contributed by atoms with Gasteiger partial charge in [-0.15, -0.1) is 6.42 Å². The largest absolute Gasteiger partial charge is 0.436 e. The van der Waals surface area contributed by atoms with E-state index in [4.69, 9.17) is 16.4 Å². The van der Waals surface area contributed by atoms with Crippen molar-refractivity contribution in [1.29, 1.82) is 0 Å². The number of hydroxylamine groups is 1. The van der Waals surface area contributed by atoms with Crippen LogP contribution in [-0.2, 0) is 6.42 Å². The average molecular weight is 260 g/mol. The number of ether oxygens (including phenoxy) is 1. The fraction of sp³-hybridized carbons (Fsp3) is 0.357. The summed E-state index contributed by atoms with van der Waals surface area (Å²) in [4.78, 5) is 13.1. The molecule has 1 aliphatic carbocycles. The first-order valence-electron chi connectivity index (χ1n) is 6.04. The predicted octanol–water partition coefficient (Wildman–Crippen LogP) is 1.72. The number of carbonyl (C=O) groups is 1. The maximum atomic E-state index is 11.0. The Morgan fingerprint density at radius 2 is 2.47 bits per heavy atom. The number of nitrogens with one attached hydrogen (secondary N) is 1. The summed E-state index contributed by atoms with van der Waals surface area (Å²) in [5.41, 5.74) is 3.80. The molecular formula is C14H16N2O3. The first kappa shape index (κ1) is 13.4. The van der Waals surface area contributed by atoms with Crippen LogP contribution in [0.5, 0.6) is 5.75 Å². The van der Waals surface area contributed by atoms with Crippen LogP contribution in [0.25, 0.3) is 0 Å². The molecule has 0 spiro atoms. The highest BCUT2D eigenvalue weighted by Gasteiger charge is 2.26. The van der Waals surface area contributed by atoms with Crippen LogP contribution in [0.15, 0.2) is 18.2 Å². The quantitative estimate of drug-likeness (QED) is 0.493. The molecule has 0 heterocycles. The third-order valence-corrected chi connectivity index (χ3v) is 3.34. The molecule has 0 saturated heterocycles. The number of rotatable bonds is 3. The summed E-state index contributed by atoms with van der Waals surface area (Å²) in [5.74, 6) is 3.04. The number of benzene rings is 1. The Morgan fingerprint density at radius 1 is 1.68 bits per heavy atom. The highest BCUT2D eigenvalue weighted by atomic mass is 16.6. The molecule has 1 atom stereocenters. The second-order valence-corrected chi connectivity index (χ2v) is 4.54. The molecule has 100 valence electrons. The maximum Gasteiger partial charge on any atom is 0.436 e. The van der Waals surface area contributed by atoms with Crippen molar-refractivity contribution in [2.24, 2.45) is 0 Å². The fourth-order valence-corrected chi connectivity index (χ4v) is 2.46. The van der Waals surface area contributed by atoms with Gasteiger partial charge in [-0.2, -0.15) is 0 Å². The first-order valence-corrected chi connectivity index (χ1v) is 6.04. The summed E-state index contributed by atoms with van der Waals surface area (Å²) < 4.78 is 4.92. The van der Waals surface area contributed by atoms with Gasteiger partial charge in [0, 0.05) is 6.04 Å². The number of hydrogen-bond donors (Lipinski definition) is 2. The number of amides is 1. The monoisotopic (exact) mass is 260 g/mol. The zero-order valence-corrected chi connectivity index (χ0v) is 10.7. The molecule has 0 saturated carbocycles. The smallest absolute Gasteiger partial charge is 0.409 e. The van der Waals surface area contributed by atoms with E-state index in [-0.39, 0.29) is 6.04 Å². The maximum absolute atomic E-state index is 11.0. The Hall–Kier alpha value is -2.03. The van der Waals surface area contributed by atoms with Crippen molar-refractivity contribution in [3.8, 4) is 18.1 Å². The van der Waals surface area contributed by atoms with Crippen molar-refractivity contribution in [3.05, 3.63) is 29.3 Å². The topological polar surface area (TPSA) is 61.8 Å². The van der Waals surface area contributed by atoms with Crippen LogP contribution in [-0.4, -0.2) is 29.8 Å². The summed E-state index contributed by atoms with van der Waals surface area (Å²) in [5, 5.41) is 8.44. The van der Waals surface area contributed by atoms with Crippen molar-refractivity contribution in [2.75, 3.05) is 13.6 Å². The van der Waals surface area contributed by atoms with Gasteiger partial charge in [-0.1, -0.05) is 12.0 Å². The van der Waals surface area contributed by atoms with Gasteiger partial charge < -0.3 is 4.74 Å². The van der Waals surface area contributed by atoms with E-state index in [1.165, 1.54) is 11.0 Å². The van der Waals surface area contributed by atoms with Crippen LogP contribution in [0.1, 0.15) is 23.6 Å². The van der Waals surface area contributed by atoms with Crippen LogP contribution in [0.4, 0.5) is 4.79 Å².